The average molecular weight is 240 g/mol. The molecule has 92 valence electrons. The molecule has 3 heteroatoms. The van der Waals surface area contributed by atoms with E-state index in [9.17, 15) is 0 Å². The SMILES string of the molecule is CC(C)C1CSC(NC(C)C2CCCC2)=N1. The molecule has 0 spiro atoms. The third-order valence-corrected chi connectivity index (χ3v) is 4.91. The summed E-state index contributed by atoms with van der Waals surface area (Å²) >= 11 is 1.90. The Kier molecular flexibility index (Phi) is 4.17. The van der Waals surface area contributed by atoms with Crippen LogP contribution >= 0.6 is 11.8 Å². The maximum atomic E-state index is 4.77. The second kappa shape index (κ2) is 5.44. The fraction of sp³-hybridized carbons (Fsp3) is 0.923. The molecular weight excluding hydrogens is 216 g/mol. The first-order valence-electron chi connectivity index (χ1n) is 6.64. The first kappa shape index (κ1) is 12.3. The minimum absolute atomic E-state index is 0.531. The highest BCUT2D eigenvalue weighted by Crippen LogP contribution is 2.29. The van der Waals surface area contributed by atoms with Crippen LogP contribution in [-0.4, -0.2) is 23.0 Å². The van der Waals surface area contributed by atoms with Gasteiger partial charge in [0.05, 0.1) is 6.04 Å². The molecule has 0 saturated heterocycles. The molecule has 0 aromatic rings. The summed E-state index contributed by atoms with van der Waals surface area (Å²) in [6.45, 7) is 6.85. The van der Waals surface area contributed by atoms with Gasteiger partial charge >= 0.3 is 0 Å². The highest BCUT2D eigenvalue weighted by molar-refractivity contribution is 8.14. The standard InChI is InChI=1S/C13H24N2S/c1-9(2)12-8-16-13(15-12)14-10(3)11-6-4-5-7-11/h9-12H,4-8H2,1-3H3,(H,14,15). The third-order valence-electron chi connectivity index (χ3n) is 3.90. The zero-order valence-electron chi connectivity index (χ0n) is 10.7. The quantitative estimate of drug-likeness (QED) is 0.818. The molecule has 2 atom stereocenters. The van der Waals surface area contributed by atoms with Crippen LogP contribution in [0.2, 0.25) is 0 Å². The number of hydrogen-bond donors (Lipinski definition) is 1. The highest BCUT2D eigenvalue weighted by Gasteiger charge is 2.25. The van der Waals surface area contributed by atoms with Crippen molar-refractivity contribution in [2.24, 2.45) is 16.8 Å². The van der Waals surface area contributed by atoms with Crippen molar-refractivity contribution in [1.82, 2.24) is 5.32 Å². The number of rotatable bonds is 3. The van der Waals surface area contributed by atoms with Crippen LogP contribution in [0.15, 0.2) is 4.99 Å². The fourth-order valence-corrected chi connectivity index (χ4v) is 3.85. The highest BCUT2D eigenvalue weighted by atomic mass is 32.2. The predicted molar refractivity (Wildman–Crippen MR) is 73.1 cm³/mol. The van der Waals surface area contributed by atoms with E-state index in [1.54, 1.807) is 0 Å². The Balaban J connectivity index is 1.83. The molecule has 1 N–H and O–H groups in total. The van der Waals surface area contributed by atoms with Crippen LogP contribution in [0.4, 0.5) is 0 Å². The molecule has 0 bridgehead atoms. The van der Waals surface area contributed by atoms with Crippen molar-refractivity contribution < 1.29 is 0 Å². The lowest BCUT2D eigenvalue weighted by Gasteiger charge is -2.20. The van der Waals surface area contributed by atoms with E-state index in [0.717, 1.165) is 11.7 Å². The molecule has 2 nitrogen and oxygen atoms in total. The van der Waals surface area contributed by atoms with Crippen LogP contribution in [-0.2, 0) is 0 Å². The van der Waals surface area contributed by atoms with Crippen molar-refractivity contribution in [3.63, 3.8) is 0 Å². The summed E-state index contributed by atoms with van der Waals surface area (Å²) in [7, 11) is 0. The second-order valence-electron chi connectivity index (χ2n) is 5.53. The van der Waals surface area contributed by atoms with E-state index in [1.165, 1.54) is 30.9 Å². The van der Waals surface area contributed by atoms with Gasteiger partial charge in [0.15, 0.2) is 5.17 Å². The lowest BCUT2D eigenvalue weighted by Crippen LogP contribution is -2.35. The van der Waals surface area contributed by atoms with Gasteiger partial charge in [0, 0.05) is 11.8 Å². The Labute approximate surface area is 104 Å². The molecule has 1 aliphatic carbocycles. The largest absolute Gasteiger partial charge is 0.362 e. The monoisotopic (exact) mass is 240 g/mol. The maximum Gasteiger partial charge on any atom is 0.157 e. The summed E-state index contributed by atoms with van der Waals surface area (Å²) in [4.78, 5) is 4.77. The van der Waals surface area contributed by atoms with Gasteiger partial charge < -0.3 is 5.32 Å². The van der Waals surface area contributed by atoms with E-state index in [1.807, 2.05) is 11.8 Å². The average Bonchev–Trinajstić information content (AvgIpc) is 2.87. The minimum Gasteiger partial charge on any atom is -0.362 e. The lowest BCUT2D eigenvalue weighted by molar-refractivity contribution is 0.427. The number of aliphatic imine (C=N–C) groups is 1. The zero-order chi connectivity index (χ0) is 11.5. The Bertz CT molecular complexity index is 257. The van der Waals surface area contributed by atoms with Gasteiger partial charge in [-0.25, -0.2) is 0 Å². The van der Waals surface area contributed by atoms with E-state index >= 15 is 0 Å². The van der Waals surface area contributed by atoms with E-state index < -0.39 is 0 Å². The Morgan fingerprint density at radius 1 is 1.25 bits per heavy atom. The number of thioether (sulfide) groups is 1. The van der Waals surface area contributed by atoms with Gasteiger partial charge in [-0.05, 0) is 31.6 Å². The Hall–Kier alpha value is -0.180. The molecule has 0 aromatic carbocycles. The van der Waals surface area contributed by atoms with Crippen molar-refractivity contribution in [2.45, 2.75) is 58.5 Å². The van der Waals surface area contributed by atoms with Gasteiger partial charge in [-0.1, -0.05) is 38.5 Å². The molecule has 0 amide bonds. The topological polar surface area (TPSA) is 24.4 Å². The van der Waals surface area contributed by atoms with Crippen molar-refractivity contribution in [2.75, 3.05) is 5.75 Å². The Morgan fingerprint density at radius 2 is 1.94 bits per heavy atom. The molecule has 1 fully saturated rings. The van der Waals surface area contributed by atoms with Crippen LogP contribution in [0.25, 0.3) is 0 Å². The molecule has 2 unspecified atom stereocenters. The zero-order valence-corrected chi connectivity index (χ0v) is 11.5. The van der Waals surface area contributed by atoms with Crippen molar-refractivity contribution in [1.29, 1.82) is 0 Å². The molecule has 2 rings (SSSR count). The van der Waals surface area contributed by atoms with Gasteiger partial charge in [0.2, 0.25) is 0 Å². The van der Waals surface area contributed by atoms with Gasteiger partial charge in [0.25, 0.3) is 0 Å². The summed E-state index contributed by atoms with van der Waals surface area (Å²) in [6, 6.07) is 1.14. The van der Waals surface area contributed by atoms with Crippen LogP contribution in [0.5, 0.6) is 0 Å². The molecule has 0 aromatic heterocycles. The van der Waals surface area contributed by atoms with Crippen molar-refractivity contribution in [3.05, 3.63) is 0 Å². The van der Waals surface area contributed by atoms with Crippen LogP contribution in [0.3, 0.4) is 0 Å². The number of nitrogens with zero attached hydrogens (tertiary/aromatic N) is 1. The van der Waals surface area contributed by atoms with Gasteiger partial charge in [0.1, 0.15) is 0 Å². The van der Waals surface area contributed by atoms with E-state index in [2.05, 4.69) is 26.1 Å². The Morgan fingerprint density at radius 3 is 2.50 bits per heavy atom. The van der Waals surface area contributed by atoms with E-state index in [4.69, 9.17) is 4.99 Å². The third kappa shape index (κ3) is 2.93. The smallest absolute Gasteiger partial charge is 0.157 e. The van der Waals surface area contributed by atoms with Crippen molar-refractivity contribution >= 4 is 16.9 Å². The van der Waals surface area contributed by atoms with E-state index in [-0.39, 0.29) is 0 Å². The molecule has 1 aliphatic heterocycles. The van der Waals surface area contributed by atoms with Crippen LogP contribution in [0.1, 0.15) is 46.5 Å². The first-order chi connectivity index (χ1) is 7.66. The van der Waals surface area contributed by atoms with Crippen LogP contribution < -0.4 is 5.32 Å². The van der Waals surface area contributed by atoms with Gasteiger partial charge in [-0.3, -0.25) is 4.99 Å². The second-order valence-corrected chi connectivity index (χ2v) is 6.54. The van der Waals surface area contributed by atoms with Gasteiger partial charge in [-0.2, -0.15) is 0 Å². The number of hydrogen-bond acceptors (Lipinski definition) is 3. The minimum atomic E-state index is 0.531. The normalized spacial score (nSPS) is 28.5. The summed E-state index contributed by atoms with van der Waals surface area (Å²) in [6.07, 6.45) is 5.65. The van der Waals surface area contributed by atoms with E-state index in [0.29, 0.717) is 18.0 Å². The summed E-state index contributed by atoms with van der Waals surface area (Å²) in [5, 5.41) is 4.81. The predicted octanol–water partition coefficient (Wildman–Crippen LogP) is 3.28. The fourth-order valence-electron chi connectivity index (χ4n) is 2.58. The molecular formula is C13H24N2S. The number of amidine groups is 1. The maximum absolute atomic E-state index is 4.77. The van der Waals surface area contributed by atoms with Gasteiger partial charge in [-0.15, -0.1) is 0 Å². The van der Waals surface area contributed by atoms with Crippen molar-refractivity contribution in [3.8, 4) is 0 Å². The molecule has 2 aliphatic rings. The summed E-state index contributed by atoms with van der Waals surface area (Å²) in [5.41, 5.74) is 0. The van der Waals surface area contributed by atoms with Crippen LogP contribution in [0, 0.1) is 11.8 Å². The molecule has 1 heterocycles. The summed E-state index contributed by atoms with van der Waals surface area (Å²) < 4.78 is 0. The molecule has 0 radical (unpaired) electrons. The first-order valence-corrected chi connectivity index (χ1v) is 7.62. The molecule has 16 heavy (non-hydrogen) atoms. The molecule has 1 saturated carbocycles. The number of nitrogens with one attached hydrogen (secondary N) is 1. The summed E-state index contributed by atoms with van der Waals surface area (Å²) in [5.74, 6) is 2.71. The lowest BCUT2D eigenvalue weighted by atomic mass is 10.0.